The first-order valence-corrected chi connectivity index (χ1v) is 5.55. The second-order valence-electron chi connectivity index (χ2n) is 3.34. The molecule has 0 spiro atoms. The molecule has 0 aliphatic rings. The van der Waals surface area contributed by atoms with Gasteiger partial charge in [-0.05, 0) is 47.4 Å². The first-order chi connectivity index (χ1) is 6.77. The highest BCUT2D eigenvalue weighted by atomic mass is 32.1. The van der Waals surface area contributed by atoms with E-state index >= 15 is 0 Å². The fourth-order valence-electron chi connectivity index (χ4n) is 1.85. The Kier molecular flexibility index (Phi) is 2.26. The minimum atomic E-state index is 0.860. The van der Waals surface area contributed by atoms with E-state index in [0.29, 0.717) is 0 Å². The standard InChI is InChI=1S/C12H11NS/c1-3-9-10-4-5-14-12(10)6-8(2)11(9)7-13/h4-6H,3H2,1-2H3. The summed E-state index contributed by atoms with van der Waals surface area (Å²) in [7, 11) is 0. The largest absolute Gasteiger partial charge is 0.192 e. The van der Waals surface area contributed by atoms with E-state index in [4.69, 9.17) is 5.26 Å². The Morgan fingerprint density at radius 1 is 1.50 bits per heavy atom. The fraction of sp³-hybridized carbons (Fsp3) is 0.250. The Labute approximate surface area is 87.6 Å². The van der Waals surface area contributed by atoms with Gasteiger partial charge in [-0.1, -0.05) is 6.92 Å². The van der Waals surface area contributed by atoms with E-state index in [1.54, 1.807) is 11.3 Å². The number of hydrogen-bond acceptors (Lipinski definition) is 2. The summed E-state index contributed by atoms with van der Waals surface area (Å²) < 4.78 is 1.29. The van der Waals surface area contributed by atoms with Crippen molar-refractivity contribution in [1.29, 1.82) is 5.26 Å². The lowest BCUT2D eigenvalue weighted by molar-refractivity contribution is 1.14. The summed E-state index contributed by atoms with van der Waals surface area (Å²) in [5, 5.41) is 12.4. The molecule has 1 heterocycles. The van der Waals surface area contributed by atoms with Crippen LogP contribution in [0.15, 0.2) is 17.5 Å². The second-order valence-corrected chi connectivity index (χ2v) is 4.29. The third-order valence-corrected chi connectivity index (χ3v) is 3.39. The summed E-state index contributed by atoms with van der Waals surface area (Å²) in [5.74, 6) is 0. The van der Waals surface area contributed by atoms with Crippen molar-refractivity contribution < 1.29 is 0 Å². The Morgan fingerprint density at radius 3 is 2.93 bits per heavy atom. The Morgan fingerprint density at radius 2 is 2.29 bits per heavy atom. The lowest BCUT2D eigenvalue weighted by atomic mass is 9.98. The van der Waals surface area contributed by atoms with Crippen LogP contribution in [-0.4, -0.2) is 0 Å². The third-order valence-electron chi connectivity index (χ3n) is 2.53. The van der Waals surface area contributed by atoms with Gasteiger partial charge >= 0.3 is 0 Å². The van der Waals surface area contributed by atoms with E-state index in [1.165, 1.54) is 15.6 Å². The molecule has 0 bridgehead atoms. The van der Waals surface area contributed by atoms with Gasteiger partial charge in [0.15, 0.2) is 0 Å². The topological polar surface area (TPSA) is 23.8 Å². The molecule has 0 saturated carbocycles. The first-order valence-electron chi connectivity index (χ1n) is 4.67. The zero-order valence-electron chi connectivity index (χ0n) is 8.29. The van der Waals surface area contributed by atoms with Crippen LogP contribution in [-0.2, 0) is 6.42 Å². The number of aryl methyl sites for hydroxylation is 2. The molecule has 1 aromatic carbocycles. The molecule has 0 amide bonds. The van der Waals surface area contributed by atoms with E-state index in [2.05, 4.69) is 30.5 Å². The van der Waals surface area contributed by atoms with Crippen LogP contribution in [0.25, 0.3) is 10.1 Å². The van der Waals surface area contributed by atoms with E-state index in [9.17, 15) is 0 Å². The number of hydrogen-bond donors (Lipinski definition) is 0. The highest BCUT2D eigenvalue weighted by Crippen LogP contribution is 2.29. The Bertz CT molecular complexity index is 517. The summed E-state index contributed by atoms with van der Waals surface area (Å²) >= 11 is 1.74. The quantitative estimate of drug-likeness (QED) is 0.691. The molecule has 70 valence electrons. The van der Waals surface area contributed by atoms with Gasteiger partial charge in [-0.2, -0.15) is 5.26 Å². The molecule has 2 heteroatoms. The maximum atomic E-state index is 9.08. The smallest absolute Gasteiger partial charge is 0.0997 e. The zero-order valence-corrected chi connectivity index (χ0v) is 9.11. The molecule has 2 rings (SSSR count). The van der Waals surface area contributed by atoms with Crippen molar-refractivity contribution in [1.82, 2.24) is 0 Å². The van der Waals surface area contributed by atoms with Gasteiger partial charge in [0.2, 0.25) is 0 Å². The molecule has 0 N–H and O–H groups in total. The minimum absolute atomic E-state index is 0.860. The molecule has 0 saturated heterocycles. The summed E-state index contributed by atoms with van der Waals surface area (Å²) in [6, 6.07) is 6.52. The molecule has 0 aliphatic carbocycles. The predicted octanol–water partition coefficient (Wildman–Crippen LogP) is 3.64. The van der Waals surface area contributed by atoms with E-state index in [-0.39, 0.29) is 0 Å². The number of thiophene rings is 1. The van der Waals surface area contributed by atoms with Crippen LogP contribution in [0, 0.1) is 18.3 Å². The SMILES string of the molecule is CCc1c(C#N)c(C)cc2sccc12. The van der Waals surface area contributed by atoms with Crippen molar-refractivity contribution >= 4 is 21.4 Å². The van der Waals surface area contributed by atoms with Gasteiger partial charge in [-0.15, -0.1) is 11.3 Å². The molecular formula is C12H11NS. The van der Waals surface area contributed by atoms with E-state index < -0.39 is 0 Å². The lowest BCUT2D eigenvalue weighted by Crippen LogP contribution is -1.91. The summed E-state index contributed by atoms with van der Waals surface area (Å²) in [6.45, 7) is 4.11. The second kappa shape index (κ2) is 3.43. The van der Waals surface area contributed by atoms with E-state index in [0.717, 1.165) is 17.5 Å². The van der Waals surface area contributed by atoms with Crippen molar-refractivity contribution in [2.75, 3.05) is 0 Å². The summed E-state index contributed by atoms with van der Waals surface area (Å²) in [6.07, 6.45) is 0.928. The molecule has 2 aromatic rings. The van der Waals surface area contributed by atoms with Crippen molar-refractivity contribution in [2.45, 2.75) is 20.3 Å². The molecule has 0 fully saturated rings. The number of nitrogens with zero attached hydrogens (tertiary/aromatic N) is 1. The number of fused-ring (bicyclic) bond motifs is 1. The van der Waals surface area contributed by atoms with Crippen LogP contribution >= 0.6 is 11.3 Å². The molecule has 1 nitrogen and oxygen atoms in total. The molecule has 0 radical (unpaired) electrons. The van der Waals surface area contributed by atoms with Gasteiger partial charge in [0.25, 0.3) is 0 Å². The van der Waals surface area contributed by atoms with Crippen LogP contribution in [0.2, 0.25) is 0 Å². The monoisotopic (exact) mass is 201 g/mol. The van der Waals surface area contributed by atoms with Crippen molar-refractivity contribution in [2.24, 2.45) is 0 Å². The minimum Gasteiger partial charge on any atom is -0.192 e. The van der Waals surface area contributed by atoms with Gasteiger partial charge in [-0.3, -0.25) is 0 Å². The van der Waals surface area contributed by atoms with Gasteiger partial charge < -0.3 is 0 Å². The third kappa shape index (κ3) is 1.21. The number of nitriles is 1. The van der Waals surface area contributed by atoms with Crippen molar-refractivity contribution in [3.05, 3.63) is 34.2 Å². The maximum Gasteiger partial charge on any atom is 0.0997 e. The maximum absolute atomic E-state index is 9.08. The lowest BCUT2D eigenvalue weighted by Gasteiger charge is -2.05. The number of rotatable bonds is 1. The van der Waals surface area contributed by atoms with Crippen molar-refractivity contribution in [3.63, 3.8) is 0 Å². The van der Waals surface area contributed by atoms with Crippen LogP contribution in [0.1, 0.15) is 23.6 Å². The summed E-state index contributed by atoms with van der Waals surface area (Å²) in [4.78, 5) is 0. The summed E-state index contributed by atoms with van der Waals surface area (Å²) in [5.41, 5.74) is 3.15. The molecule has 0 atom stereocenters. The first kappa shape index (κ1) is 9.23. The van der Waals surface area contributed by atoms with Gasteiger partial charge in [-0.25, -0.2) is 0 Å². The normalized spacial score (nSPS) is 10.4. The predicted molar refractivity (Wildman–Crippen MR) is 60.7 cm³/mol. The van der Waals surface area contributed by atoms with Crippen LogP contribution in [0.4, 0.5) is 0 Å². The van der Waals surface area contributed by atoms with E-state index in [1.807, 2.05) is 6.92 Å². The average molecular weight is 201 g/mol. The molecule has 1 aromatic heterocycles. The fourth-order valence-corrected chi connectivity index (χ4v) is 2.76. The molecule has 0 unspecified atom stereocenters. The molecule has 0 aliphatic heterocycles. The van der Waals surface area contributed by atoms with Crippen molar-refractivity contribution in [3.8, 4) is 6.07 Å². The molecule has 14 heavy (non-hydrogen) atoms. The van der Waals surface area contributed by atoms with Gasteiger partial charge in [0.1, 0.15) is 0 Å². The van der Waals surface area contributed by atoms with Crippen LogP contribution in [0.3, 0.4) is 0 Å². The van der Waals surface area contributed by atoms with Crippen LogP contribution < -0.4 is 0 Å². The zero-order chi connectivity index (χ0) is 10.1. The van der Waals surface area contributed by atoms with Gasteiger partial charge in [0, 0.05) is 4.70 Å². The van der Waals surface area contributed by atoms with Crippen LogP contribution in [0.5, 0.6) is 0 Å². The highest BCUT2D eigenvalue weighted by Gasteiger charge is 2.09. The average Bonchev–Trinajstić information content (AvgIpc) is 2.62. The van der Waals surface area contributed by atoms with Gasteiger partial charge in [0.05, 0.1) is 11.6 Å². The Balaban J connectivity index is 2.91. The number of benzene rings is 1. The Hall–Kier alpha value is -1.33. The highest BCUT2D eigenvalue weighted by molar-refractivity contribution is 7.17. The molecular weight excluding hydrogens is 190 g/mol.